The van der Waals surface area contributed by atoms with E-state index in [1.807, 2.05) is 0 Å². The highest BCUT2D eigenvalue weighted by Crippen LogP contribution is 2.37. The van der Waals surface area contributed by atoms with Gasteiger partial charge in [0.15, 0.2) is 0 Å². The van der Waals surface area contributed by atoms with Crippen LogP contribution in [-0.4, -0.2) is 21.0 Å². The third-order valence-electron chi connectivity index (χ3n) is 3.19. The Morgan fingerprint density at radius 3 is 2.81 bits per heavy atom. The van der Waals surface area contributed by atoms with Gasteiger partial charge in [0.25, 0.3) is 5.56 Å². The molecule has 21 heavy (non-hydrogen) atoms. The molecule has 1 aromatic heterocycles. The molecule has 2 aromatic rings. The van der Waals surface area contributed by atoms with E-state index < -0.39 is 5.97 Å². The molecule has 0 saturated heterocycles. The number of benzene rings is 1. The molecule has 1 heterocycles. The fraction of sp³-hybridized carbons (Fsp3) is 0.214. The number of hydrogen-bond donors (Lipinski definition) is 3. The molecule has 6 nitrogen and oxygen atoms in total. The average Bonchev–Trinajstić information content (AvgIpc) is 3.24. The van der Waals surface area contributed by atoms with E-state index in [0.29, 0.717) is 27.7 Å². The van der Waals surface area contributed by atoms with E-state index in [-0.39, 0.29) is 11.1 Å². The molecule has 0 bridgehead atoms. The minimum atomic E-state index is -1.02. The molecule has 1 aliphatic carbocycles. The zero-order chi connectivity index (χ0) is 15.0. The summed E-state index contributed by atoms with van der Waals surface area (Å²) in [7, 11) is 0. The average molecular weight is 350 g/mol. The maximum Gasteiger partial charge on any atom is 0.336 e. The number of halogens is 1. The minimum absolute atomic E-state index is 0.146. The van der Waals surface area contributed by atoms with Crippen LogP contribution in [0.25, 0.3) is 0 Å². The quantitative estimate of drug-likeness (QED) is 0.788. The SMILES string of the molecule is O=C(O)c1cc(Nc2cc(=O)[nH]c(C3CC3)n2)ccc1Br. The van der Waals surface area contributed by atoms with Crippen LogP contribution < -0.4 is 10.9 Å². The molecule has 0 radical (unpaired) electrons. The molecule has 0 unspecified atom stereocenters. The van der Waals surface area contributed by atoms with E-state index in [2.05, 4.69) is 31.2 Å². The number of carboxylic acid groups (broad SMARTS) is 1. The largest absolute Gasteiger partial charge is 0.478 e. The van der Waals surface area contributed by atoms with Crippen molar-refractivity contribution in [1.82, 2.24) is 9.97 Å². The molecule has 0 atom stereocenters. The van der Waals surface area contributed by atoms with Gasteiger partial charge in [0.05, 0.1) is 5.56 Å². The lowest BCUT2D eigenvalue weighted by Crippen LogP contribution is -2.11. The van der Waals surface area contributed by atoms with Gasteiger partial charge in [0, 0.05) is 22.1 Å². The number of anilines is 2. The van der Waals surface area contributed by atoms with Crippen LogP contribution in [0.3, 0.4) is 0 Å². The Labute approximate surface area is 128 Å². The Balaban J connectivity index is 1.91. The predicted octanol–water partition coefficient (Wildman–Crippen LogP) is 2.85. The van der Waals surface area contributed by atoms with E-state index in [9.17, 15) is 9.59 Å². The van der Waals surface area contributed by atoms with Crippen molar-refractivity contribution in [2.45, 2.75) is 18.8 Å². The van der Waals surface area contributed by atoms with Gasteiger partial charge in [-0.3, -0.25) is 4.79 Å². The van der Waals surface area contributed by atoms with Crippen LogP contribution in [0.15, 0.2) is 33.5 Å². The van der Waals surface area contributed by atoms with Crippen LogP contribution in [0.4, 0.5) is 11.5 Å². The number of H-pyrrole nitrogens is 1. The van der Waals surface area contributed by atoms with Gasteiger partial charge in [0.1, 0.15) is 11.6 Å². The van der Waals surface area contributed by atoms with Crippen molar-refractivity contribution in [3.8, 4) is 0 Å². The molecule has 1 fully saturated rings. The van der Waals surface area contributed by atoms with Gasteiger partial charge in [0.2, 0.25) is 0 Å². The van der Waals surface area contributed by atoms with Crippen LogP contribution in [0.5, 0.6) is 0 Å². The summed E-state index contributed by atoms with van der Waals surface area (Å²) in [6.07, 6.45) is 2.07. The fourth-order valence-electron chi connectivity index (χ4n) is 2.01. The van der Waals surface area contributed by atoms with Crippen LogP contribution in [0.1, 0.15) is 34.9 Å². The minimum Gasteiger partial charge on any atom is -0.478 e. The first-order valence-electron chi connectivity index (χ1n) is 6.44. The number of carboxylic acids is 1. The van der Waals surface area contributed by atoms with Crippen molar-refractivity contribution < 1.29 is 9.90 Å². The first-order valence-corrected chi connectivity index (χ1v) is 7.23. The van der Waals surface area contributed by atoms with Gasteiger partial charge in [-0.25, -0.2) is 9.78 Å². The number of rotatable bonds is 4. The molecule has 0 amide bonds. The summed E-state index contributed by atoms with van der Waals surface area (Å²) in [6, 6.07) is 6.21. The normalized spacial score (nSPS) is 14.0. The molecule has 1 saturated carbocycles. The Bertz CT molecular complexity index is 768. The van der Waals surface area contributed by atoms with Crippen LogP contribution in [-0.2, 0) is 0 Å². The summed E-state index contributed by atoms with van der Waals surface area (Å²) >= 11 is 3.19. The molecule has 108 valence electrons. The molecule has 0 aliphatic heterocycles. The molecule has 3 N–H and O–H groups in total. The van der Waals surface area contributed by atoms with Crippen molar-refractivity contribution in [1.29, 1.82) is 0 Å². The van der Waals surface area contributed by atoms with E-state index in [4.69, 9.17) is 5.11 Å². The van der Waals surface area contributed by atoms with Crippen molar-refractivity contribution in [3.63, 3.8) is 0 Å². The summed E-state index contributed by atoms with van der Waals surface area (Å²) < 4.78 is 0.498. The van der Waals surface area contributed by atoms with Gasteiger partial charge >= 0.3 is 5.97 Å². The summed E-state index contributed by atoms with van der Waals surface area (Å²) in [5.41, 5.74) is 0.493. The van der Waals surface area contributed by atoms with Crippen LogP contribution >= 0.6 is 15.9 Å². The Kier molecular flexibility index (Phi) is 3.50. The standard InChI is InChI=1S/C14H12BrN3O3/c15-10-4-3-8(5-9(10)14(20)21)16-11-6-12(19)18-13(17-11)7-1-2-7/h3-7H,1-2H2,(H,20,21)(H2,16,17,18,19). The van der Waals surface area contributed by atoms with E-state index in [1.165, 1.54) is 12.1 Å². The lowest BCUT2D eigenvalue weighted by Gasteiger charge is -2.08. The lowest BCUT2D eigenvalue weighted by molar-refractivity contribution is 0.0696. The van der Waals surface area contributed by atoms with E-state index >= 15 is 0 Å². The number of hydrogen-bond acceptors (Lipinski definition) is 4. The number of aromatic carboxylic acids is 1. The second-order valence-corrected chi connectivity index (χ2v) is 5.77. The van der Waals surface area contributed by atoms with Gasteiger partial charge in [-0.2, -0.15) is 0 Å². The number of carbonyl (C=O) groups is 1. The summed E-state index contributed by atoms with van der Waals surface area (Å²) in [4.78, 5) is 29.8. The Morgan fingerprint density at radius 2 is 2.14 bits per heavy atom. The summed E-state index contributed by atoms with van der Waals surface area (Å²) in [6.45, 7) is 0. The predicted molar refractivity (Wildman–Crippen MR) is 81.2 cm³/mol. The second kappa shape index (κ2) is 5.33. The zero-order valence-electron chi connectivity index (χ0n) is 10.9. The maximum absolute atomic E-state index is 11.6. The van der Waals surface area contributed by atoms with Crippen LogP contribution in [0, 0.1) is 0 Å². The van der Waals surface area contributed by atoms with Crippen LogP contribution in [0.2, 0.25) is 0 Å². The molecule has 7 heteroatoms. The van der Waals surface area contributed by atoms with Gasteiger partial charge < -0.3 is 15.4 Å². The number of nitrogens with one attached hydrogen (secondary N) is 2. The highest BCUT2D eigenvalue weighted by atomic mass is 79.9. The van der Waals surface area contributed by atoms with E-state index in [1.54, 1.807) is 12.1 Å². The van der Waals surface area contributed by atoms with Crippen molar-refractivity contribution in [2.24, 2.45) is 0 Å². The Morgan fingerprint density at radius 1 is 1.38 bits per heavy atom. The topological polar surface area (TPSA) is 95.1 Å². The Hall–Kier alpha value is -2.15. The van der Waals surface area contributed by atoms with Crippen molar-refractivity contribution in [2.75, 3.05) is 5.32 Å². The fourth-order valence-corrected chi connectivity index (χ4v) is 2.42. The van der Waals surface area contributed by atoms with E-state index in [0.717, 1.165) is 12.8 Å². The smallest absolute Gasteiger partial charge is 0.336 e. The first-order chi connectivity index (χ1) is 10.0. The zero-order valence-corrected chi connectivity index (χ0v) is 12.5. The highest BCUT2D eigenvalue weighted by Gasteiger charge is 2.26. The molecule has 3 rings (SSSR count). The second-order valence-electron chi connectivity index (χ2n) is 4.91. The number of aromatic amines is 1. The third-order valence-corrected chi connectivity index (χ3v) is 3.88. The number of aromatic nitrogens is 2. The maximum atomic E-state index is 11.6. The van der Waals surface area contributed by atoms with Gasteiger partial charge in [-0.15, -0.1) is 0 Å². The van der Waals surface area contributed by atoms with Crippen molar-refractivity contribution in [3.05, 3.63) is 50.5 Å². The molecule has 1 aliphatic rings. The summed E-state index contributed by atoms with van der Waals surface area (Å²) in [5.74, 6) is 0.405. The molecule has 0 spiro atoms. The molecule has 1 aromatic carbocycles. The first kappa shape index (κ1) is 13.8. The molecular weight excluding hydrogens is 338 g/mol. The van der Waals surface area contributed by atoms with Gasteiger partial charge in [-0.05, 0) is 47.0 Å². The van der Waals surface area contributed by atoms with Crippen molar-refractivity contribution >= 4 is 33.4 Å². The molecular formula is C14H12BrN3O3. The monoisotopic (exact) mass is 349 g/mol. The third kappa shape index (κ3) is 3.13. The lowest BCUT2D eigenvalue weighted by atomic mass is 10.2. The van der Waals surface area contributed by atoms with Gasteiger partial charge in [-0.1, -0.05) is 0 Å². The highest BCUT2D eigenvalue weighted by molar-refractivity contribution is 9.10. The number of nitrogens with zero attached hydrogens (tertiary/aromatic N) is 1. The summed E-state index contributed by atoms with van der Waals surface area (Å²) in [5, 5.41) is 12.1.